The number of rotatable bonds is 7. The van der Waals surface area contributed by atoms with E-state index in [1.165, 1.54) is 23.5 Å². The van der Waals surface area contributed by atoms with Crippen molar-refractivity contribution in [1.29, 1.82) is 0 Å². The van der Waals surface area contributed by atoms with Crippen LogP contribution in [0, 0.1) is 5.82 Å². The van der Waals surface area contributed by atoms with E-state index in [4.69, 9.17) is 0 Å². The third-order valence-electron chi connectivity index (χ3n) is 4.33. The van der Waals surface area contributed by atoms with Crippen LogP contribution in [0.5, 0.6) is 0 Å². The molecule has 0 radical (unpaired) electrons. The number of carbonyl (C=O) groups excluding carboxylic acids is 2. The maximum atomic E-state index is 13.3. The van der Waals surface area contributed by atoms with Crippen molar-refractivity contribution in [1.82, 2.24) is 4.90 Å². The van der Waals surface area contributed by atoms with Gasteiger partial charge in [0.1, 0.15) is 11.9 Å². The van der Waals surface area contributed by atoms with Crippen LogP contribution in [0.15, 0.2) is 66.0 Å². The Labute approximate surface area is 173 Å². The van der Waals surface area contributed by atoms with Gasteiger partial charge in [-0.05, 0) is 60.3 Å². The van der Waals surface area contributed by atoms with Crippen LogP contribution < -0.4 is 10.6 Å². The molecule has 0 aliphatic rings. The van der Waals surface area contributed by atoms with Crippen molar-refractivity contribution in [2.24, 2.45) is 0 Å². The average molecular weight is 412 g/mol. The van der Waals surface area contributed by atoms with Gasteiger partial charge in [-0.25, -0.2) is 4.39 Å². The van der Waals surface area contributed by atoms with Crippen LogP contribution in [0.4, 0.5) is 15.8 Å². The van der Waals surface area contributed by atoms with Gasteiger partial charge in [0.05, 0.1) is 4.88 Å². The van der Waals surface area contributed by atoms with E-state index in [9.17, 15) is 14.0 Å². The summed E-state index contributed by atoms with van der Waals surface area (Å²) in [5, 5.41) is 7.84. The second kappa shape index (κ2) is 9.34. The fourth-order valence-corrected chi connectivity index (χ4v) is 3.50. The third kappa shape index (κ3) is 5.65. The molecular formula is C22H22FN3O2S. The SMILES string of the molecule is CC(Nc1ccc(NC(=O)c2cccs2)cc1)C(=O)N(C)Cc1cccc(F)c1. The van der Waals surface area contributed by atoms with E-state index >= 15 is 0 Å². The lowest BCUT2D eigenvalue weighted by Gasteiger charge is -2.23. The second-order valence-electron chi connectivity index (χ2n) is 6.70. The lowest BCUT2D eigenvalue weighted by molar-refractivity contribution is -0.130. The molecule has 1 heterocycles. The number of halogens is 1. The van der Waals surface area contributed by atoms with Crippen molar-refractivity contribution in [3.8, 4) is 0 Å². The molecule has 1 aromatic heterocycles. The first-order valence-electron chi connectivity index (χ1n) is 9.13. The summed E-state index contributed by atoms with van der Waals surface area (Å²) in [6.07, 6.45) is 0. The van der Waals surface area contributed by atoms with Crippen molar-refractivity contribution in [3.63, 3.8) is 0 Å². The standard InChI is InChI=1S/C22H22FN3O2S/c1-15(22(28)26(2)14-16-5-3-6-17(23)13-16)24-18-8-10-19(11-9-18)25-21(27)20-7-4-12-29-20/h3-13,15,24H,14H2,1-2H3,(H,25,27). The van der Waals surface area contributed by atoms with E-state index in [0.29, 0.717) is 17.1 Å². The molecule has 0 saturated carbocycles. The molecule has 150 valence electrons. The van der Waals surface area contributed by atoms with Crippen molar-refractivity contribution < 1.29 is 14.0 Å². The first kappa shape index (κ1) is 20.5. The molecule has 0 aliphatic carbocycles. The Balaban J connectivity index is 1.54. The van der Waals surface area contributed by atoms with Gasteiger partial charge in [0.25, 0.3) is 5.91 Å². The number of amides is 2. The summed E-state index contributed by atoms with van der Waals surface area (Å²) in [6.45, 7) is 2.10. The fraction of sp³-hybridized carbons (Fsp3) is 0.182. The summed E-state index contributed by atoms with van der Waals surface area (Å²) in [5.41, 5.74) is 2.18. The summed E-state index contributed by atoms with van der Waals surface area (Å²) in [4.78, 5) is 26.9. The van der Waals surface area contributed by atoms with Gasteiger partial charge in [0, 0.05) is 25.0 Å². The zero-order chi connectivity index (χ0) is 20.8. The number of likely N-dealkylation sites (N-methyl/N-ethyl adjacent to an activating group) is 1. The molecule has 1 unspecified atom stereocenters. The number of thiophene rings is 1. The number of hydrogen-bond donors (Lipinski definition) is 2. The highest BCUT2D eigenvalue weighted by molar-refractivity contribution is 7.12. The minimum atomic E-state index is -0.458. The first-order chi connectivity index (χ1) is 13.9. The minimum Gasteiger partial charge on any atom is -0.374 e. The molecule has 0 aliphatic heterocycles. The zero-order valence-electron chi connectivity index (χ0n) is 16.2. The molecule has 3 aromatic rings. The molecule has 0 spiro atoms. The van der Waals surface area contributed by atoms with E-state index in [-0.39, 0.29) is 17.6 Å². The lowest BCUT2D eigenvalue weighted by Crippen LogP contribution is -2.38. The molecule has 2 N–H and O–H groups in total. The Morgan fingerprint density at radius 2 is 1.79 bits per heavy atom. The summed E-state index contributed by atoms with van der Waals surface area (Å²) in [7, 11) is 1.69. The van der Waals surface area contributed by atoms with Gasteiger partial charge in [-0.2, -0.15) is 0 Å². The Morgan fingerprint density at radius 1 is 1.07 bits per heavy atom. The van der Waals surface area contributed by atoms with E-state index < -0.39 is 6.04 Å². The van der Waals surface area contributed by atoms with Crippen LogP contribution >= 0.6 is 11.3 Å². The normalized spacial score (nSPS) is 11.6. The summed E-state index contributed by atoms with van der Waals surface area (Å²) in [6, 6.07) is 16.5. The van der Waals surface area contributed by atoms with Crippen LogP contribution in [-0.4, -0.2) is 29.8 Å². The molecular weight excluding hydrogens is 389 g/mol. The second-order valence-corrected chi connectivity index (χ2v) is 7.65. The van der Waals surface area contributed by atoms with Crippen LogP contribution in [0.2, 0.25) is 0 Å². The van der Waals surface area contributed by atoms with Gasteiger partial charge < -0.3 is 15.5 Å². The van der Waals surface area contributed by atoms with Gasteiger partial charge in [0.15, 0.2) is 0 Å². The lowest BCUT2D eigenvalue weighted by atomic mass is 10.2. The van der Waals surface area contributed by atoms with Crippen molar-refractivity contribution >= 4 is 34.5 Å². The molecule has 5 nitrogen and oxygen atoms in total. The molecule has 2 aromatic carbocycles. The van der Waals surface area contributed by atoms with Gasteiger partial charge in [-0.3, -0.25) is 9.59 Å². The van der Waals surface area contributed by atoms with Gasteiger partial charge >= 0.3 is 0 Å². The smallest absolute Gasteiger partial charge is 0.265 e. The number of benzene rings is 2. The fourth-order valence-electron chi connectivity index (χ4n) is 2.88. The maximum absolute atomic E-state index is 13.3. The monoisotopic (exact) mass is 411 g/mol. The Kier molecular flexibility index (Phi) is 6.61. The summed E-state index contributed by atoms with van der Waals surface area (Å²) < 4.78 is 13.3. The molecule has 0 saturated heterocycles. The highest BCUT2D eigenvalue weighted by Crippen LogP contribution is 2.17. The van der Waals surface area contributed by atoms with Crippen LogP contribution in [0.3, 0.4) is 0 Å². The Hall–Kier alpha value is -3.19. The Morgan fingerprint density at radius 3 is 2.45 bits per heavy atom. The van der Waals surface area contributed by atoms with E-state index in [0.717, 1.165) is 11.3 Å². The quantitative estimate of drug-likeness (QED) is 0.597. The van der Waals surface area contributed by atoms with Crippen molar-refractivity contribution in [3.05, 3.63) is 82.3 Å². The highest BCUT2D eigenvalue weighted by Gasteiger charge is 2.18. The number of hydrogen-bond acceptors (Lipinski definition) is 4. The first-order valence-corrected chi connectivity index (χ1v) is 10.0. The maximum Gasteiger partial charge on any atom is 0.265 e. The molecule has 7 heteroatoms. The summed E-state index contributed by atoms with van der Waals surface area (Å²) in [5.74, 6) is -0.576. The number of anilines is 2. The van der Waals surface area contributed by atoms with Crippen molar-refractivity contribution in [2.45, 2.75) is 19.5 Å². The van der Waals surface area contributed by atoms with E-state index in [1.54, 1.807) is 61.3 Å². The number of nitrogens with zero attached hydrogens (tertiary/aromatic N) is 1. The minimum absolute atomic E-state index is 0.107. The average Bonchev–Trinajstić information content (AvgIpc) is 3.24. The molecule has 1 atom stereocenters. The predicted octanol–water partition coefficient (Wildman–Crippen LogP) is 4.60. The Bertz CT molecular complexity index is 974. The van der Waals surface area contributed by atoms with Gasteiger partial charge in [0.2, 0.25) is 5.91 Å². The predicted molar refractivity (Wildman–Crippen MR) is 115 cm³/mol. The number of nitrogens with one attached hydrogen (secondary N) is 2. The highest BCUT2D eigenvalue weighted by atomic mass is 32.1. The van der Waals surface area contributed by atoms with Crippen molar-refractivity contribution in [2.75, 3.05) is 17.7 Å². The van der Waals surface area contributed by atoms with E-state index in [2.05, 4.69) is 10.6 Å². The van der Waals surface area contributed by atoms with Gasteiger partial charge in [-0.15, -0.1) is 11.3 Å². The summed E-state index contributed by atoms with van der Waals surface area (Å²) >= 11 is 1.38. The molecule has 0 fully saturated rings. The van der Waals surface area contributed by atoms with Crippen LogP contribution in [0.1, 0.15) is 22.2 Å². The molecule has 3 rings (SSSR count). The third-order valence-corrected chi connectivity index (χ3v) is 5.19. The largest absolute Gasteiger partial charge is 0.374 e. The molecule has 0 bridgehead atoms. The van der Waals surface area contributed by atoms with Gasteiger partial charge in [-0.1, -0.05) is 18.2 Å². The number of carbonyl (C=O) groups is 2. The molecule has 2 amide bonds. The zero-order valence-corrected chi connectivity index (χ0v) is 17.0. The van der Waals surface area contributed by atoms with Crippen LogP contribution in [-0.2, 0) is 11.3 Å². The molecule has 29 heavy (non-hydrogen) atoms. The topological polar surface area (TPSA) is 61.4 Å². The van der Waals surface area contributed by atoms with Crippen LogP contribution in [0.25, 0.3) is 0 Å². The van der Waals surface area contributed by atoms with E-state index in [1.807, 2.05) is 11.4 Å².